The molecule has 2 rings (SSSR count). The minimum atomic E-state index is 0.732. The number of hydrogen-bond acceptors (Lipinski definition) is 3. The van der Waals surface area contributed by atoms with Gasteiger partial charge in [-0.1, -0.05) is 0 Å². The lowest BCUT2D eigenvalue weighted by Crippen LogP contribution is -2.06. The second-order valence-electron chi connectivity index (χ2n) is 4.52. The molecule has 0 spiro atoms. The fourth-order valence-corrected chi connectivity index (χ4v) is 2.06. The van der Waals surface area contributed by atoms with Crippen LogP contribution in [0.4, 0.5) is 5.69 Å². The monoisotopic (exact) mass is 233 g/mol. The summed E-state index contributed by atoms with van der Waals surface area (Å²) >= 11 is 0. The third kappa shape index (κ3) is 1.81. The first-order chi connectivity index (χ1) is 7.91. The van der Waals surface area contributed by atoms with Gasteiger partial charge in [-0.25, -0.2) is 0 Å². The lowest BCUT2D eigenvalue weighted by Gasteiger charge is -2.05. The van der Waals surface area contributed by atoms with E-state index in [-0.39, 0.29) is 0 Å². The summed E-state index contributed by atoms with van der Waals surface area (Å²) in [6.07, 6.45) is 0. The quantitative estimate of drug-likeness (QED) is 0.854. The topological polar surface area (TPSA) is 61.7 Å². The third-order valence-corrected chi connectivity index (χ3v) is 3.40. The average molecular weight is 233 g/mol. The summed E-state index contributed by atoms with van der Waals surface area (Å²) in [5.74, 6) is 0. The number of anilines is 1. The van der Waals surface area contributed by atoms with Crippen molar-refractivity contribution in [2.75, 3.05) is 5.73 Å². The van der Waals surface area contributed by atoms with Crippen LogP contribution >= 0.6 is 0 Å². The van der Waals surface area contributed by atoms with Crippen LogP contribution in [0, 0.1) is 27.7 Å². The highest BCUT2D eigenvalue weighted by Crippen LogP contribution is 2.19. The van der Waals surface area contributed by atoms with Crippen LogP contribution in [0.15, 0.2) is 0 Å². The van der Waals surface area contributed by atoms with E-state index in [0.29, 0.717) is 0 Å². The summed E-state index contributed by atoms with van der Waals surface area (Å²) in [5.41, 5.74) is 12.1. The van der Waals surface area contributed by atoms with Crippen LogP contribution in [0.3, 0.4) is 0 Å². The van der Waals surface area contributed by atoms with E-state index in [9.17, 15) is 0 Å². The molecular formula is C12H19N5. The van der Waals surface area contributed by atoms with E-state index in [1.807, 2.05) is 37.2 Å². The van der Waals surface area contributed by atoms with Crippen LogP contribution in [0.1, 0.15) is 28.3 Å². The minimum absolute atomic E-state index is 0.732. The summed E-state index contributed by atoms with van der Waals surface area (Å²) in [5, 5.41) is 8.86. The van der Waals surface area contributed by atoms with E-state index < -0.39 is 0 Å². The Morgan fingerprint density at radius 2 is 1.65 bits per heavy atom. The van der Waals surface area contributed by atoms with Crippen LogP contribution in [-0.4, -0.2) is 19.6 Å². The molecule has 0 bridgehead atoms. The fraction of sp³-hybridized carbons (Fsp3) is 0.500. The molecule has 17 heavy (non-hydrogen) atoms. The average Bonchev–Trinajstić information content (AvgIpc) is 2.65. The zero-order chi connectivity index (χ0) is 12.7. The van der Waals surface area contributed by atoms with Gasteiger partial charge in [0, 0.05) is 18.3 Å². The van der Waals surface area contributed by atoms with Crippen LogP contribution in [-0.2, 0) is 13.6 Å². The molecule has 2 aromatic rings. The van der Waals surface area contributed by atoms with Gasteiger partial charge < -0.3 is 5.73 Å². The van der Waals surface area contributed by atoms with E-state index in [1.54, 1.807) is 0 Å². The number of aromatic nitrogens is 4. The van der Waals surface area contributed by atoms with E-state index >= 15 is 0 Å². The summed E-state index contributed by atoms with van der Waals surface area (Å²) in [7, 11) is 1.96. The fourth-order valence-electron chi connectivity index (χ4n) is 2.06. The number of aryl methyl sites for hydroxylation is 3. The molecule has 0 atom stereocenters. The predicted molar refractivity (Wildman–Crippen MR) is 67.9 cm³/mol. The zero-order valence-electron chi connectivity index (χ0n) is 11.1. The normalized spacial score (nSPS) is 11.1. The Bertz CT molecular complexity index is 562. The molecule has 0 amide bonds. The Kier molecular flexibility index (Phi) is 2.69. The molecule has 2 aromatic heterocycles. The molecule has 0 unspecified atom stereocenters. The lowest BCUT2D eigenvalue weighted by molar-refractivity contribution is 0.652. The maximum absolute atomic E-state index is 5.93. The SMILES string of the molecule is Cc1nn(Cc2c(C)nn(C)c2C)c(C)c1N. The molecule has 2 N–H and O–H groups in total. The molecule has 0 aliphatic carbocycles. The van der Waals surface area contributed by atoms with Gasteiger partial charge in [-0.05, 0) is 27.7 Å². The number of hydrogen-bond donors (Lipinski definition) is 1. The first-order valence-electron chi connectivity index (χ1n) is 5.70. The molecule has 0 aliphatic heterocycles. The van der Waals surface area contributed by atoms with Crippen molar-refractivity contribution in [3.8, 4) is 0 Å². The molecule has 0 aliphatic rings. The maximum atomic E-state index is 5.93. The van der Waals surface area contributed by atoms with Gasteiger partial charge in [0.15, 0.2) is 0 Å². The molecule has 92 valence electrons. The summed E-state index contributed by atoms with van der Waals surface area (Å²) < 4.78 is 3.85. The highest BCUT2D eigenvalue weighted by molar-refractivity contribution is 5.47. The van der Waals surface area contributed by atoms with Crippen molar-refractivity contribution in [1.29, 1.82) is 0 Å². The van der Waals surface area contributed by atoms with Gasteiger partial charge in [0.25, 0.3) is 0 Å². The first kappa shape index (κ1) is 11.7. The van der Waals surface area contributed by atoms with E-state index in [4.69, 9.17) is 5.73 Å². The smallest absolute Gasteiger partial charge is 0.0826 e. The van der Waals surface area contributed by atoms with Gasteiger partial charge in [0.1, 0.15) is 0 Å². The van der Waals surface area contributed by atoms with Gasteiger partial charge in [-0.3, -0.25) is 9.36 Å². The van der Waals surface area contributed by atoms with E-state index in [0.717, 1.165) is 29.3 Å². The van der Waals surface area contributed by atoms with Crippen LogP contribution in [0.2, 0.25) is 0 Å². The van der Waals surface area contributed by atoms with Gasteiger partial charge in [-0.2, -0.15) is 10.2 Å². The molecular weight excluding hydrogens is 214 g/mol. The number of nitrogens with zero attached hydrogens (tertiary/aromatic N) is 4. The minimum Gasteiger partial charge on any atom is -0.396 e. The predicted octanol–water partition coefficient (Wildman–Crippen LogP) is 1.48. The van der Waals surface area contributed by atoms with Crippen molar-refractivity contribution < 1.29 is 0 Å². The molecule has 0 saturated carbocycles. The second kappa shape index (κ2) is 3.91. The van der Waals surface area contributed by atoms with Crippen molar-refractivity contribution in [1.82, 2.24) is 19.6 Å². The van der Waals surface area contributed by atoms with Crippen molar-refractivity contribution >= 4 is 5.69 Å². The van der Waals surface area contributed by atoms with Crippen LogP contribution in [0.5, 0.6) is 0 Å². The number of nitrogen functional groups attached to an aromatic ring is 1. The van der Waals surface area contributed by atoms with Gasteiger partial charge in [0.05, 0.1) is 29.3 Å². The summed E-state index contributed by atoms with van der Waals surface area (Å²) in [6.45, 7) is 8.76. The highest BCUT2D eigenvalue weighted by atomic mass is 15.3. The molecule has 2 heterocycles. The van der Waals surface area contributed by atoms with Gasteiger partial charge in [-0.15, -0.1) is 0 Å². The van der Waals surface area contributed by atoms with Crippen molar-refractivity contribution in [3.63, 3.8) is 0 Å². The van der Waals surface area contributed by atoms with Gasteiger partial charge >= 0.3 is 0 Å². The molecule has 0 radical (unpaired) electrons. The Morgan fingerprint density at radius 1 is 1.00 bits per heavy atom. The molecule has 5 heteroatoms. The van der Waals surface area contributed by atoms with Gasteiger partial charge in [0.2, 0.25) is 0 Å². The van der Waals surface area contributed by atoms with E-state index in [2.05, 4.69) is 17.1 Å². The van der Waals surface area contributed by atoms with Crippen molar-refractivity contribution in [2.24, 2.45) is 7.05 Å². The molecule has 5 nitrogen and oxygen atoms in total. The molecule has 0 saturated heterocycles. The number of nitrogens with two attached hydrogens (primary N) is 1. The zero-order valence-corrected chi connectivity index (χ0v) is 11.1. The third-order valence-electron chi connectivity index (χ3n) is 3.40. The van der Waals surface area contributed by atoms with Crippen LogP contribution in [0.25, 0.3) is 0 Å². The summed E-state index contributed by atoms with van der Waals surface area (Å²) in [6, 6.07) is 0. The summed E-state index contributed by atoms with van der Waals surface area (Å²) in [4.78, 5) is 0. The Hall–Kier alpha value is -1.78. The number of rotatable bonds is 2. The standard InChI is InChI=1S/C12H19N5/c1-7-11(9(3)16(5)14-7)6-17-10(4)12(13)8(2)15-17/h6,13H2,1-5H3. The first-order valence-corrected chi connectivity index (χ1v) is 5.70. The second-order valence-corrected chi connectivity index (χ2v) is 4.52. The lowest BCUT2D eigenvalue weighted by atomic mass is 10.2. The van der Waals surface area contributed by atoms with Crippen molar-refractivity contribution in [2.45, 2.75) is 34.2 Å². The molecule has 0 fully saturated rings. The Balaban J connectivity index is 2.41. The highest BCUT2D eigenvalue weighted by Gasteiger charge is 2.13. The van der Waals surface area contributed by atoms with Crippen molar-refractivity contribution in [3.05, 3.63) is 28.3 Å². The van der Waals surface area contributed by atoms with E-state index in [1.165, 1.54) is 11.3 Å². The Morgan fingerprint density at radius 3 is 2.06 bits per heavy atom. The maximum Gasteiger partial charge on any atom is 0.0826 e. The largest absolute Gasteiger partial charge is 0.396 e. The molecule has 0 aromatic carbocycles. The Labute approximate surface area is 101 Å². The van der Waals surface area contributed by atoms with Crippen LogP contribution < -0.4 is 5.73 Å².